The highest BCUT2D eigenvalue weighted by Crippen LogP contribution is 2.26. The molecule has 3 aromatic carbocycles. The molecule has 2 amide bonds. The summed E-state index contributed by atoms with van der Waals surface area (Å²) in [5.41, 5.74) is 0.815. The SMILES string of the molecule is CCOc1ccc(S(=O)(=O)N(CC(=O)N(Cc2ccc(OC)cc2)C(C)C(=O)NC(C)CC)c2ccc(F)cc2)cc1. The van der Waals surface area contributed by atoms with Gasteiger partial charge in [0.2, 0.25) is 11.8 Å². The second-order valence-electron chi connectivity index (χ2n) is 9.76. The van der Waals surface area contributed by atoms with Gasteiger partial charge in [-0.2, -0.15) is 0 Å². The number of sulfonamides is 1. The van der Waals surface area contributed by atoms with Gasteiger partial charge in [0, 0.05) is 12.6 Å². The Kier molecular flexibility index (Phi) is 11.3. The Morgan fingerprint density at radius 1 is 0.905 bits per heavy atom. The van der Waals surface area contributed by atoms with Crippen molar-refractivity contribution in [3.63, 3.8) is 0 Å². The first-order valence-electron chi connectivity index (χ1n) is 13.7. The molecule has 9 nitrogen and oxygen atoms in total. The molecule has 1 N–H and O–H groups in total. The summed E-state index contributed by atoms with van der Waals surface area (Å²) in [6.07, 6.45) is 0.698. The molecule has 0 saturated carbocycles. The molecule has 0 aliphatic heterocycles. The van der Waals surface area contributed by atoms with E-state index in [2.05, 4.69) is 5.32 Å². The fourth-order valence-corrected chi connectivity index (χ4v) is 5.53. The zero-order valence-electron chi connectivity index (χ0n) is 24.5. The summed E-state index contributed by atoms with van der Waals surface area (Å²) in [6, 6.07) is 16.6. The molecule has 0 radical (unpaired) electrons. The fourth-order valence-electron chi connectivity index (χ4n) is 4.11. The molecule has 0 aliphatic rings. The Balaban J connectivity index is 2.01. The number of methoxy groups -OCH3 is 1. The molecule has 226 valence electrons. The quantitative estimate of drug-likeness (QED) is 0.287. The van der Waals surface area contributed by atoms with Crippen LogP contribution < -0.4 is 19.1 Å². The Hall–Kier alpha value is -4.12. The number of nitrogens with zero attached hydrogens (tertiary/aromatic N) is 2. The summed E-state index contributed by atoms with van der Waals surface area (Å²) in [5.74, 6) is -0.416. The van der Waals surface area contributed by atoms with Gasteiger partial charge in [0.15, 0.2) is 0 Å². The van der Waals surface area contributed by atoms with E-state index in [0.29, 0.717) is 24.5 Å². The largest absolute Gasteiger partial charge is 0.497 e. The highest BCUT2D eigenvalue weighted by molar-refractivity contribution is 7.92. The van der Waals surface area contributed by atoms with Gasteiger partial charge in [0.25, 0.3) is 10.0 Å². The van der Waals surface area contributed by atoms with Gasteiger partial charge in [-0.1, -0.05) is 19.1 Å². The number of halogens is 1. The van der Waals surface area contributed by atoms with Crippen LogP contribution in [0.2, 0.25) is 0 Å². The molecule has 11 heteroatoms. The number of benzene rings is 3. The van der Waals surface area contributed by atoms with E-state index in [9.17, 15) is 22.4 Å². The fraction of sp³-hybridized carbons (Fsp3) is 0.355. The van der Waals surface area contributed by atoms with Crippen LogP contribution in [0.15, 0.2) is 77.7 Å². The van der Waals surface area contributed by atoms with Gasteiger partial charge in [-0.15, -0.1) is 0 Å². The average molecular weight is 600 g/mol. The maximum atomic E-state index is 14.0. The molecule has 0 spiro atoms. The summed E-state index contributed by atoms with van der Waals surface area (Å²) < 4.78 is 53.1. The topological polar surface area (TPSA) is 105 Å². The van der Waals surface area contributed by atoms with E-state index in [0.717, 1.165) is 22.0 Å². The number of anilines is 1. The van der Waals surface area contributed by atoms with Crippen LogP contribution >= 0.6 is 0 Å². The van der Waals surface area contributed by atoms with Crippen molar-refractivity contribution in [3.05, 3.63) is 84.2 Å². The van der Waals surface area contributed by atoms with Gasteiger partial charge < -0.3 is 19.7 Å². The van der Waals surface area contributed by atoms with Crippen LogP contribution in [-0.2, 0) is 26.2 Å². The van der Waals surface area contributed by atoms with Crippen LogP contribution in [0.5, 0.6) is 11.5 Å². The van der Waals surface area contributed by atoms with Crippen molar-refractivity contribution in [1.29, 1.82) is 0 Å². The lowest BCUT2D eigenvalue weighted by Crippen LogP contribution is -2.52. The number of carbonyl (C=O) groups is 2. The van der Waals surface area contributed by atoms with Crippen LogP contribution in [0.4, 0.5) is 10.1 Å². The van der Waals surface area contributed by atoms with E-state index in [1.54, 1.807) is 38.3 Å². The number of hydrogen-bond acceptors (Lipinski definition) is 6. The number of amides is 2. The normalized spacial score (nSPS) is 12.6. The van der Waals surface area contributed by atoms with Crippen LogP contribution in [0.3, 0.4) is 0 Å². The lowest BCUT2D eigenvalue weighted by Gasteiger charge is -2.32. The van der Waals surface area contributed by atoms with Crippen LogP contribution in [0, 0.1) is 5.82 Å². The highest BCUT2D eigenvalue weighted by Gasteiger charge is 2.33. The van der Waals surface area contributed by atoms with E-state index >= 15 is 0 Å². The number of ether oxygens (including phenoxy) is 2. The first kappa shape index (κ1) is 32.4. The third kappa shape index (κ3) is 8.22. The molecule has 0 fully saturated rings. The molecule has 0 heterocycles. The van der Waals surface area contributed by atoms with Gasteiger partial charge in [-0.3, -0.25) is 13.9 Å². The van der Waals surface area contributed by atoms with Crippen molar-refractivity contribution in [1.82, 2.24) is 10.2 Å². The number of hydrogen-bond donors (Lipinski definition) is 1. The lowest BCUT2D eigenvalue weighted by molar-refractivity contribution is -0.139. The summed E-state index contributed by atoms with van der Waals surface area (Å²) in [5, 5.41) is 2.89. The van der Waals surface area contributed by atoms with E-state index in [4.69, 9.17) is 9.47 Å². The zero-order chi connectivity index (χ0) is 30.9. The summed E-state index contributed by atoms with van der Waals surface area (Å²) in [7, 11) is -2.74. The standard InChI is InChI=1S/C31H38FN3O6S/c1-6-22(3)33-31(37)23(4)34(20-24-8-14-27(40-5)15-9-24)30(36)21-35(26-12-10-25(32)11-13-26)42(38,39)29-18-16-28(17-19-29)41-7-2/h8-19,22-23H,6-7,20-21H2,1-5H3,(H,33,37). The van der Waals surface area contributed by atoms with Crippen molar-refractivity contribution in [2.45, 2.75) is 57.6 Å². The molecule has 0 aromatic heterocycles. The van der Waals surface area contributed by atoms with Crippen LogP contribution in [0.25, 0.3) is 0 Å². The van der Waals surface area contributed by atoms with Crippen molar-refractivity contribution in [2.75, 3.05) is 24.6 Å². The molecule has 2 unspecified atom stereocenters. The Bertz CT molecular complexity index is 1430. The Morgan fingerprint density at radius 3 is 2.05 bits per heavy atom. The molecule has 0 saturated heterocycles. The molecule has 3 rings (SSSR count). The van der Waals surface area contributed by atoms with Gasteiger partial charge in [0.1, 0.15) is 29.9 Å². The van der Waals surface area contributed by atoms with Crippen LogP contribution in [0.1, 0.15) is 39.7 Å². The first-order chi connectivity index (χ1) is 20.0. The van der Waals surface area contributed by atoms with Crippen molar-refractivity contribution in [3.8, 4) is 11.5 Å². The molecule has 42 heavy (non-hydrogen) atoms. The Labute approximate surface area is 247 Å². The van der Waals surface area contributed by atoms with Crippen molar-refractivity contribution >= 4 is 27.5 Å². The zero-order valence-corrected chi connectivity index (χ0v) is 25.4. The predicted octanol–water partition coefficient (Wildman–Crippen LogP) is 4.76. The minimum absolute atomic E-state index is 0.0400. The molecule has 2 atom stereocenters. The molecule has 0 aliphatic carbocycles. The molecule has 0 bridgehead atoms. The van der Waals surface area contributed by atoms with Gasteiger partial charge >= 0.3 is 0 Å². The monoisotopic (exact) mass is 599 g/mol. The second-order valence-corrected chi connectivity index (χ2v) is 11.6. The molecule has 3 aromatic rings. The summed E-state index contributed by atoms with van der Waals surface area (Å²) >= 11 is 0. The number of rotatable bonds is 14. The maximum absolute atomic E-state index is 14.0. The predicted molar refractivity (Wildman–Crippen MR) is 159 cm³/mol. The average Bonchev–Trinajstić information content (AvgIpc) is 2.99. The van der Waals surface area contributed by atoms with Crippen LogP contribution in [-0.4, -0.2) is 57.5 Å². The molecular weight excluding hydrogens is 561 g/mol. The first-order valence-corrected chi connectivity index (χ1v) is 15.2. The van der Waals surface area contributed by atoms with Crippen molar-refractivity contribution in [2.24, 2.45) is 0 Å². The van der Waals surface area contributed by atoms with Crippen molar-refractivity contribution < 1.29 is 31.9 Å². The molecular formula is C31H38FN3O6S. The summed E-state index contributed by atoms with van der Waals surface area (Å²) in [6.45, 7) is 7.03. The minimum Gasteiger partial charge on any atom is -0.497 e. The van der Waals surface area contributed by atoms with E-state index in [1.807, 2.05) is 20.8 Å². The second kappa shape index (κ2) is 14.7. The minimum atomic E-state index is -4.29. The van der Waals surface area contributed by atoms with E-state index in [1.165, 1.54) is 41.3 Å². The lowest BCUT2D eigenvalue weighted by atomic mass is 10.1. The van der Waals surface area contributed by atoms with Gasteiger partial charge in [-0.05, 0) is 93.4 Å². The number of nitrogens with one attached hydrogen (secondary N) is 1. The third-order valence-corrected chi connectivity index (χ3v) is 8.58. The van der Waals surface area contributed by atoms with Gasteiger partial charge in [-0.25, -0.2) is 12.8 Å². The number of carbonyl (C=O) groups excluding carboxylic acids is 2. The van der Waals surface area contributed by atoms with Gasteiger partial charge in [0.05, 0.1) is 24.3 Å². The summed E-state index contributed by atoms with van der Waals surface area (Å²) in [4.78, 5) is 28.4. The third-order valence-electron chi connectivity index (χ3n) is 6.80. The van der Waals surface area contributed by atoms with E-state index < -0.39 is 34.3 Å². The van der Waals surface area contributed by atoms with E-state index in [-0.39, 0.29) is 29.1 Å². The maximum Gasteiger partial charge on any atom is 0.264 e. The Morgan fingerprint density at radius 2 is 1.50 bits per heavy atom. The smallest absolute Gasteiger partial charge is 0.264 e. The highest BCUT2D eigenvalue weighted by atomic mass is 32.2.